The first-order valence-corrected chi connectivity index (χ1v) is 8.21. The molecule has 0 radical (unpaired) electrons. The monoisotopic (exact) mass is 322 g/mol. The quantitative estimate of drug-likeness (QED) is 0.825. The summed E-state index contributed by atoms with van der Waals surface area (Å²) in [6.45, 7) is 6.07. The zero-order chi connectivity index (χ0) is 17.5. The van der Waals surface area contributed by atoms with E-state index in [4.69, 9.17) is 4.74 Å². The lowest BCUT2D eigenvalue weighted by atomic mass is 9.67. The number of carbonyl (C=O) groups excluding carboxylic acids is 1. The predicted octanol–water partition coefficient (Wildman–Crippen LogP) is 4.04. The summed E-state index contributed by atoms with van der Waals surface area (Å²) in [4.78, 5) is 17.5. The second-order valence-corrected chi connectivity index (χ2v) is 7.42. The molecule has 1 aromatic rings. The molecule has 124 valence electrons. The summed E-state index contributed by atoms with van der Waals surface area (Å²) in [5.41, 5.74) is 3.22. The van der Waals surface area contributed by atoms with E-state index in [0.717, 1.165) is 34.7 Å². The van der Waals surface area contributed by atoms with Crippen LogP contribution in [0.4, 0.5) is 0 Å². The minimum Gasteiger partial charge on any atom is -0.497 e. The van der Waals surface area contributed by atoms with Gasteiger partial charge in [0.15, 0.2) is 5.78 Å². The number of rotatable bonds is 2. The molecule has 1 unspecified atom stereocenters. The van der Waals surface area contributed by atoms with Gasteiger partial charge in [-0.1, -0.05) is 26.0 Å². The van der Waals surface area contributed by atoms with E-state index >= 15 is 0 Å². The highest BCUT2D eigenvalue weighted by Gasteiger charge is 2.43. The first kappa shape index (κ1) is 16.4. The molecule has 0 fully saturated rings. The zero-order valence-corrected chi connectivity index (χ0v) is 14.6. The van der Waals surface area contributed by atoms with Gasteiger partial charge in [0.2, 0.25) is 0 Å². The molecule has 0 spiro atoms. The number of ketones is 1. The van der Waals surface area contributed by atoms with Crippen LogP contribution in [0.5, 0.6) is 5.75 Å². The lowest BCUT2D eigenvalue weighted by Gasteiger charge is -2.37. The maximum atomic E-state index is 12.9. The highest BCUT2D eigenvalue weighted by Crippen LogP contribution is 2.47. The molecule has 3 rings (SSSR count). The molecule has 0 aromatic heterocycles. The molecule has 1 heterocycles. The third kappa shape index (κ3) is 2.75. The molecule has 2 aliphatic rings. The smallest absolute Gasteiger partial charge is 0.161 e. The number of ether oxygens (including phenoxy) is 1. The molecule has 24 heavy (non-hydrogen) atoms. The molecular weight excluding hydrogens is 300 g/mol. The number of hydrogen-bond donors (Lipinski definition) is 0. The average Bonchev–Trinajstić information content (AvgIpc) is 2.52. The Balaban J connectivity index is 2.18. The number of nitrogens with zero attached hydrogens (tertiary/aromatic N) is 2. The van der Waals surface area contributed by atoms with Gasteiger partial charge in [0.25, 0.3) is 0 Å². The fourth-order valence-corrected chi connectivity index (χ4v) is 3.81. The summed E-state index contributed by atoms with van der Waals surface area (Å²) in [7, 11) is 1.62. The van der Waals surface area contributed by atoms with Crippen molar-refractivity contribution in [1.82, 2.24) is 0 Å². The van der Waals surface area contributed by atoms with Crippen LogP contribution >= 0.6 is 0 Å². The second kappa shape index (κ2) is 5.90. The minimum atomic E-state index is -0.416. The molecule has 2 atom stereocenters. The van der Waals surface area contributed by atoms with Crippen molar-refractivity contribution >= 4 is 11.5 Å². The number of hydrogen-bond acceptors (Lipinski definition) is 4. The fraction of sp³-hybridized carbons (Fsp3) is 0.450. The van der Waals surface area contributed by atoms with Gasteiger partial charge >= 0.3 is 0 Å². The Morgan fingerprint density at radius 3 is 2.75 bits per heavy atom. The van der Waals surface area contributed by atoms with Crippen molar-refractivity contribution in [1.29, 1.82) is 5.26 Å². The molecule has 4 heteroatoms. The van der Waals surface area contributed by atoms with Crippen molar-refractivity contribution in [3.63, 3.8) is 0 Å². The van der Waals surface area contributed by atoms with E-state index in [0.29, 0.717) is 6.42 Å². The maximum absolute atomic E-state index is 12.9. The third-order valence-corrected chi connectivity index (χ3v) is 4.89. The molecule has 0 saturated carbocycles. The first-order chi connectivity index (χ1) is 11.4. The number of nitriles is 1. The summed E-state index contributed by atoms with van der Waals surface area (Å²) in [6, 6.07) is 10.0. The Kier molecular flexibility index (Phi) is 4.04. The molecule has 0 N–H and O–H groups in total. The molecule has 1 aromatic carbocycles. The third-order valence-electron chi connectivity index (χ3n) is 4.89. The molecule has 1 aliphatic carbocycles. The summed E-state index contributed by atoms with van der Waals surface area (Å²) in [6.07, 6.45) is 1.27. The van der Waals surface area contributed by atoms with Gasteiger partial charge in [-0.2, -0.15) is 5.26 Å². The van der Waals surface area contributed by atoms with Crippen LogP contribution in [0.1, 0.15) is 45.1 Å². The number of Topliss-reactive ketones (excluding diaryl/α,β-unsaturated/α-hetero) is 1. The molecular formula is C20H22N2O2. The van der Waals surface area contributed by atoms with Crippen molar-refractivity contribution < 1.29 is 9.53 Å². The number of benzene rings is 1. The number of methoxy groups -OCH3 is 1. The van der Waals surface area contributed by atoms with E-state index in [2.05, 4.69) is 24.9 Å². The van der Waals surface area contributed by atoms with Crippen molar-refractivity contribution in [2.75, 3.05) is 7.11 Å². The van der Waals surface area contributed by atoms with E-state index in [1.807, 2.05) is 31.2 Å². The van der Waals surface area contributed by atoms with Crippen molar-refractivity contribution in [3.8, 4) is 11.8 Å². The minimum absolute atomic E-state index is 0.0852. The van der Waals surface area contributed by atoms with Crippen LogP contribution in [-0.2, 0) is 4.79 Å². The van der Waals surface area contributed by atoms with Crippen molar-refractivity contribution in [2.45, 2.75) is 39.5 Å². The number of carbonyl (C=O) groups is 1. The van der Waals surface area contributed by atoms with Gasteiger partial charge < -0.3 is 4.74 Å². The highest BCUT2D eigenvalue weighted by molar-refractivity contribution is 6.03. The van der Waals surface area contributed by atoms with Gasteiger partial charge in [0.05, 0.1) is 19.1 Å². The number of allylic oxidation sites excluding steroid dienone is 2. The van der Waals surface area contributed by atoms with E-state index < -0.39 is 5.92 Å². The molecule has 0 bridgehead atoms. The SMILES string of the molecule is COc1cccc([C@H]2C3=C(CC(C)(C)CC3=O)N=C(C)C2C#N)c1. The lowest BCUT2D eigenvalue weighted by Crippen LogP contribution is -2.35. The Morgan fingerprint density at radius 1 is 1.33 bits per heavy atom. The summed E-state index contributed by atoms with van der Waals surface area (Å²) >= 11 is 0. The summed E-state index contributed by atoms with van der Waals surface area (Å²) < 4.78 is 5.32. The van der Waals surface area contributed by atoms with Gasteiger partial charge in [0, 0.05) is 29.3 Å². The Hall–Kier alpha value is -2.41. The van der Waals surface area contributed by atoms with Crippen LogP contribution < -0.4 is 4.74 Å². The highest BCUT2D eigenvalue weighted by atomic mass is 16.5. The topological polar surface area (TPSA) is 62.4 Å². The van der Waals surface area contributed by atoms with Gasteiger partial charge in [-0.15, -0.1) is 0 Å². The lowest BCUT2D eigenvalue weighted by molar-refractivity contribution is -0.118. The van der Waals surface area contributed by atoms with Crippen LogP contribution in [0.2, 0.25) is 0 Å². The van der Waals surface area contributed by atoms with E-state index in [1.165, 1.54) is 0 Å². The Morgan fingerprint density at radius 2 is 2.08 bits per heavy atom. The average molecular weight is 322 g/mol. The van der Waals surface area contributed by atoms with E-state index in [1.54, 1.807) is 7.11 Å². The summed E-state index contributed by atoms with van der Waals surface area (Å²) in [5.74, 6) is 0.169. The zero-order valence-electron chi connectivity index (χ0n) is 14.6. The van der Waals surface area contributed by atoms with Crippen molar-refractivity contribution in [3.05, 3.63) is 41.1 Å². The second-order valence-electron chi connectivity index (χ2n) is 7.42. The van der Waals surface area contributed by atoms with Crippen LogP contribution in [0.25, 0.3) is 0 Å². The Bertz CT molecular complexity index is 796. The number of aliphatic imine (C=N–C) groups is 1. The van der Waals surface area contributed by atoms with Gasteiger partial charge in [-0.05, 0) is 36.5 Å². The maximum Gasteiger partial charge on any atom is 0.161 e. The van der Waals surface area contributed by atoms with Crippen LogP contribution in [-0.4, -0.2) is 18.6 Å². The Labute approximate surface area is 142 Å². The van der Waals surface area contributed by atoms with E-state index in [9.17, 15) is 10.1 Å². The molecule has 1 aliphatic heterocycles. The fourth-order valence-electron chi connectivity index (χ4n) is 3.81. The van der Waals surface area contributed by atoms with Crippen LogP contribution in [0.15, 0.2) is 40.5 Å². The van der Waals surface area contributed by atoms with Gasteiger partial charge in [0.1, 0.15) is 5.75 Å². The van der Waals surface area contributed by atoms with Gasteiger partial charge in [-0.25, -0.2) is 0 Å². The molecule has 0 saturated heterocycles. The van der Waals surface area contributed by atoms with Gasteiger partial charge in [-0.3, -0.25) is 9.79 Å². The molecule has 4 nitrogen and oxygen atoms in total. The molecule has 0 amide bonds. The largest absolute Gasteiger partial charge is 0.497 e. The van der Waals surface area contributed by atoms with Crippen molar-refractivity contribution in [2.24, 2.45) is 16.3 Å². The summed E-state index contributed by atoms with van der Waals surface area (Å²) in [5, 5.41) is 9.70. The van der Waals surface area contributed by atoms with E-state index in [-0.39, 0.29) is 17.1 Å². The predicted molar refractivity (Wildman–Crippen MR) is 93.0 cm³/mol. The first-order valence-electron chi connectivity index (χ1n) is 8.21. The van der Waals surface area contributed by atoms with Crippen LogP contribution in [0.3, 0.4) is 0 Å². The standard InChI is InChI=1S/C20H22N2O2/c1-12-15(11-21)18(13-6-5-7-14(8-13)24-4)19-16(22-12)9-20(2,3)10-17(19)23/h5-8,15,18H,9-10H2,1-4H3/t15?,18-/m1/s1. The normalized spacial score (nSPS) is 25.6. The van der Waals surface area contributed by atoms with Crippen LogP contribution in [0, 0.1) is 22.7 Å².